The van der Waals surface area contributed by atoms with E-state index in [1.807, 2.05) is 0 Å². The van der Waals surface area contributed by atoms with Gasteiger partial charge in [-0.25, -0.2) is 4.79 Å². The van der Waals surface area contributed by atoms with Crippen LogP contribution < -0.4 is 19.8 Å². The summed E-state index contributed by atoms with van der Waals surface area (Å²) >= 11 is 12.6. The summed E-state index contributed by atoms with van der Waals surface area (Å²) in [5.41, 5.74) is -0.473. The van der Waals surface area contributed by atoms with E-state index >= 15 is 0 Å². The summed E-state index contributed by atoms with van der Waals surface area (Å²) in [6.45, 7) is -2.54. The molecule has 0 saturated heterocycles. The molecule has 0 aliphatic heterocycles. The van der Waals surface area contributed by atoms with Crippen molar-refractivity contribution >= 4 is 34.9 Å². The lowest BCUT2D eigenvalue weighted by atomic mass is 10.0. The number of nitro groups is 1. The van der Waals surface area contributed by atoms with E-state index < -0.39 is 29.2 Å². The number of nitrogens with zero attached hydrogens (tertiary/aromatic N) is 1. The molecular formula is C29H26Cl2F2N2O8. The maximum atomic E-state index is 13.4. The number of nitro benzene ring substituents is 1. The summed E-state index contributed by atoms with van der Waals surface area (Å²) in [4.78, 5) is 39.0. The van der Waals surface area contributed by atoms with Crippen molar-refractivity contribution in [3.63, 3.8) is 0 Å². The SMILES string of the molecule is O=C(O[C@@H](Cc1c(Cl)c[nH]c(=O)c1Cl)c1ccc(OC(F)F)c(OCC2CC2)c1)c1ccc([N+](=O)[O-])c(OCC2CC2)c1. The molecule has 2 aliphatic carbocycles. The highest BCUT2D eigenvalue weighted by Gasteiger charge is 2.28. The first-order valence-corrected chi connectivity index (χ1v) is 14.2. The summed E-state index contributed by atoms with van der Waals surface area (Å²) in [7, 11) is 0. The first-order chi connectivity index (χ1) is 20.6. The molecule has 0 amide bonds. The number of aromatic amines is 1. The standard InChI is InChI=1S/C29H26Cl2F2N2O8/c30-20-12-34-27(36)26(31)19(20)11-23(17-6-8-22(43-29(32)33)25(9-17)41-14-16-3-4-16)42-28(37)18-5-7-21(35(38)39)24(10-18)40-13-15-1-2-15/h5-10,12,15-16,23,29H,1-4,11,13-14H2,(H,34,36)/t23-/m0/s1. The van der Waals surface area contributed by atoms with E-state index in [1.54, 1.807) is 0 Å². The summed E-state index contributed by atoms with van der Waals surface area (Å²) in [6, 6.07) is 7.71. The Morgan fingerprint density at radius 1 is 1.00 bits per heavy atom. The third-order valence-corrected chi connectivity index (χ3v) is 7.75. The van der Waals surface area contributed by atoms with E-state index in [1.165, 1.54) is 36.5 Å². The Labute approximate surface area is 254 Å². The lowest BCUT2D eigenvalue weighted by molar-refractivity contribution is -0.385. The van der Waals surface area contributed by atoms with Gasteiger partial charge in [0.1, 0.15) is 11.1 Å². The first-order valence-electron chi connectivity index (χ1n) is 13.5. The fourth-order valence-corrected chi connectivity index (χ4v) is 4.75. The van der Waals surface area contributed by atoms with Crippen LogP contribution in [0.2, 0.25) is 10.0 Å². The lowest BCUT2D eigenvalue weighted by Crippen LogP contribution is -2.17. The van der Waals surface area contributed by atoms with Crippen molar-refractivity contribution < 1.29 is 37.4 Å². The number of ether oxygens (including phenoxy) is 4. The van der Waals surface area contributed by atoms with Crippen LogP contribution in [0.25, 0.3) is 0 Å². The number of benzene rings is 2. The van der Waals surface area contributed by atoms with E-state index in [4.69, 9.17) is 37.4 Å². The third kappa shape index (κ3) is 7.94. The zero-order chi connectivity index (χ0) is 30.7. The second-order valence-electron chi connectivity index (χ2n) is 10.4. The van der Waals surface area contributed by atoms with Gasteiger partial charge in [0.05, 0.1) is 28.7 Å². The van der Waals surface area contributed by atoms with Crippen LogP contribution in [0.5, 0.6) is 17.2 Å². The van der Waals surface area contributed by atoms with Crippen molar-refractivity contribution in [1.82, 2.24) is 4.98 Å². The molecule has 1 aromatic heterocycles. The number of hydrogen-bond donors (Lipinski definition) is 1. The molecule has 2 saturated carbocycles. The van der Waals surface area contributed by atoms with Crippen molar-refractivity contribution in [3.05, 3.63) is 89.8 Å². The molecule has 1 N–H and O–H groups in total. The number of rotatable bonds is 14. The van der Waals surface area contributed by atoms with Crippen molar-refractivity contribution in [1.29, 1.82) is 0 Å². The number of nitrogens with one attached hydrogen (secondary N) is 1. The highest BCUT2D eigenvalue weighted by molar-refractivity contribution is 6.35. The van der Waals surface area contributed by atoms with Gasteiger partial charge in [0.15, 0.2) is 17.2 Å². The molecule has 10 nitrogen and oxygen atoms in total. The van der Waals surface area contributed by atoms with E-state index in [2.05, 4.69) is 9.72 Å². The van der Waals surface area contributed by atoms with Gasteiger partial charge in [-0.3, -0.25) is 14.9 Å². The van der Waals surface area contributed by atoms with Crippen LogP contribution in [-0.4, -0.2) is 35.7 Å². The topological polar surface area (TPSA) is 130 Å². The molecule has 1 atom stereocenters. The van der Waals surface area contributed by atoms with Gasteiger partial charge in [0, 0.05) is 30.3 Å². The van der Waals surface area contributed by atoms with Crippen molar-refractivity contribution in [2.75, 3.05) is 13.2 Å². The molecule has 14 heteroatoms. The van der Waals surface area contributed by atoms with Crippen LogP contribution in [0, 0.1) is 22.0 Å². The van der Waals surface area contributed by atoms with E-state index in [9.17, 15) is 28.5 Å². The van der Waals surface area contributed by atoms with E-state index in [0.717, 1.165) is 31.7 Å². The predicted molar refractivity (Wildman–Crippen MR) is 152 cm³/mol. The fraction of sp³-hybridized carbons (Fsp3) is 0.379. The molecule has 3 aromatic rings. The van der Waals surface area contributed by atoms with Gasteiger partial charge in [-0.05, 0) is 61.3 Å². The summed E-state index contributed by atoms with van der Waals surface area (Å²) in [6.07, 6.45) is 3.73. The van der Waals surface area contributed by atoms with Gasteiger partial charge < -0.3 is 23.9 Å². The predicted octanol–water partition coefficient (Wildman–Crippen LogP) is 6.91. The summed E-state index contributed by atoms with van der Waals surface area (Å²) < 4.78 is 48.1. The van der Waals surface area contributed by atoms with Gasteiger partial charge in [-0.15, -0.1) is 0 Å². The number of carbonyl (C=O) groups excluding carboxylic acids is 1. The van der Waals surface area contributed by atoms with Crippen LogP contribution in [0.15, 0.2) is 47.4 Å². The summed E-state index contributed by atoms with van der Waals surface area (Å²) in [5, 5.41) is 11.4. The Balaban J connectivity index is 1.48. The number of carbonyl (C=O) groups is 1. The fourth-order valence-electron chi connectivity index (χ4n) is 4.24. The minimum Gasteiger partial charge on any atom is -0.489 e. The zero-order valence-corrected chi connectivity index (χ0v) is 24.0. The minimum atomic E-state index is -3.10. The maximum absolute atomic E-state index is 13.4. The van der Waals surface area contributed by atoms with Crippen LogP contribution in [0.1, 0.15) is 53.3 Å². The molecule has 0 bridgehead atoms. The molecule has 43 heavy (non-hydrogen) atoms. The molecule has 2 aromatic carbocycles. The number of esters is 1. The Kier molecular flexibility index (Phi) is 9.36. The zero-order valence-electron chi connectivity index (χ0n) is 22.5. The van der Waals surface area contributed by atoms with Gasteiger partial charge in [-0.2, -0.15) is 8.78 Å². The number of halogens is 4. The Morgan fingerprint density at radius 3 is 2.30 bits per heavy atom. The Morgan fingerprint density at radius 2 is 1.67 bits per heavy atom. The highest BCUT2D eigenvalue weighted by Crippen LogP contribution is 2.38. The van der Waals surface area contributed by atoms with Crippen LogP contribution in [-0.2, 0) is 11.2 Å². The normalized spacial score (nSPS) is 15.2. The number of pyridine rings is 1. The van der Waals surface area contributed by atoms with E-state index in [0.29, 0.717) is 17.4 Å². The largest absolute Gasteiger partial charge is 0.489 e. The Bertz CT molecular complexity index is 1580. The van der Waals surface area contributed by atoms with Gasteiger partial charge in [-0.1, -0.05) is 29.3 Å². The highest BCUT2D eigenvalue weighted by atomic mass is 35.5. The minimum absolute atomic E-state index is 0.0138. The molecule has 1 heterocycles. The average molecular weight is 639 g/mol. The maximum Gasteiger partial charge on any atom is 0.387 e. The van der Waals surface area contributed by atoms with Crippen molar-refractivity contribution in [3.8, 4) is 17.2 Å². The molecule has 2 aliphatic rings. The van der Waals surface area contributed by atoms with Crippen molar-refractivity contribution in [2.45, 2.75) is 44.8 Å². The van der Waals surface area contributed by atoms with Crippen LogP contribution in [0.3, 0.4) is 0 Å². The number of H-pyrrole nitrogens is 1. The van der Waals surface area contributed by atoms with Gasteiger partial charge >= 0.3 is 18.3 Å². The second kappa shape index (κ2) is 13.2. The number of hydrogen-bond acceptors (Lipinski definition) is 8. The molecule has 0 unspecified atom stereocenters. The van der Waals surface area contributed by atoms with E-state index in [-0.39, 0.29) is 63.7 Å². The third-order valence-electron chi connectivity index (χ3n) is 7.01. The first kappa shape index (κ1) is 30.6. The molecular weight excluding hydrogens is 613 g/mol. The average Bonchev–Trinajstić information content (AvgIpc) is 3.90. The second-order valence-corrected chi connectivity index (χ2v) is 11.2. The molecule has 0 radical (unpaired) electrons. The summed E-state index contributed by atoms with van der Waals surface area (Å²) in [5.74, 6) is -0.542. The van der Waals surface area contributed by atoms with Gasteiger partial charge in [0.25, 0.3) is 5.56 Å². The quantitative estimate of drug-likeness (QED) is 0.114. The lowest BCUT2D eigenvalue weighted by Gasteiger charge is -2.21. The monoisotopic (exact) mass is 638 g/mol. The Hall–Kier alpha value is -3.90. The van der Waals surface area contributed by atoms with Gasteiger partial charge in [0.2, 0.25) is 0 Å². The van der Waals surface area contributed by atoms with Crippen LogP contribution in [0.4, 0.5) is 14.5 Å². The van der Waals surface area contributed by atoms with Crippen molar-refractivity contribution in [2.24, 2.45) is 11.8 Å². The van der Waals surface area contributed by atoms with Crippen LogP contribution >= 0.6 is 23.2 Å². The number of aromatic nitrogens is 1. The molecule has 5 rings (SSSR count). The molecule has 228 valence electrons. The molecule has 2 fully saturated rings. The molecule has 0 spiro atoms. The smallest absolute Gasteiger partial charge is 0.387 e. The number of alkyl halides is 2.